The lowest BCUT2D eigenvalue weighted by molar-refractivity contribution is -0.204. The van der Waals surface area contributed by atoms with Gasteiger partial charge in [0.25, 0.3) is 5.56 Å². The summed E-state index contributed by atoms with van der Waals surface area (Å²) in [5.74, 6) is -2.34. The van der Waals surface area contributed by atoms with Gasteiger partial charge in [0.05, 0.1) is 6.61 Å². The van der Waals surface area contributed by atoms with Crippen LogP contribution < -0.4 is 16.0 Å². The van der Waals surface area contributed by atoms with Crippen LogP contribution in [0.15, 0.2) is 47.3 Å². The number of benzene rings is 2. The highest BCUT2D eigenvalue weighted by molar-refractivity contribution is 5.99. The quantitative estimate of drug-likeness (QED) is 0.164. The second-order valence-corrected chi connectivity index (χ2v) is 9.10. The Morgan fingerprint density at radius 1 is 1.13 bits per heavy atom. The number of nitriles is 1. The van der Waals surface area contributed by atoms with Gasteiger partial charge in [-0.1, -0.05) is 12.1 Å². The summed E-state index contributed by atoms with van der Waals surface area (Å²) in [4.78, 5) is 24.1. The highest BCUT2D eigenvalue weighted by atomic mass is 19.4. The number of nitrogens with two attached hydrogens (primary N) is 1. The fraction of sp³-hybridized carbons (Fsp3) is 0.370. The molecule has 4 rings (SSSR count). The Kier molecular flexibility index (Phi) is 8.02. The lowest BCUT2D eigenvalue weighted by Gasteiger charge is -2.17. The third kappa shape index (κ3) is 6.14. The fourth-order valence-corrected chi connectivity index (χ4v) is 4.29. The van der Waals surface area contributed by atoms with Gasteiger partial charge in [-0.2, -0.15) is 18.4 Å². The summed E-state index contributed by atoms with van der Waals surface area (Å²) in [6.45, 7) is 0.266. The van der Waals surface area contributed by atoms with Crippen molar-refractivity contribution in [1.29, 1.82) is 5.26 Å². The van der Waals surface area contributed by atoms with Crippen LogP contribution in [0, 0.1) is 17.1 Å². The van der Waals surface area contributed by atoms with Gasteiger partial charge in [0.1, 0.15) is 23.3 Å². The number of rotatable bonds is 10. The van der Waals surface area contributed by atoms with Gasteiger partial charge in [0.15, 0.2) is 6.23 Å². The van der Waals surface area contributed by atoms with Crippen molar-refractivity contribution >= 4 is 16.7 Å². The molecule has 1 aliphatic rings. The molecule has 1 atom stereocenters. The fourth-order valence-electron chi connectivity index (χ4n) is 4.29. The minimum absolute atomic E-state index is 0.0603. The molecule has 3 aromatic rings. The van der Waals surface area contributed by atoms with Crippen LogP contribution in [0.3, 0.4) is 0 Å². The van der Waals surface area contributed by atoms with Crippen LogP contribution in [-0.2, 0) is 9.53 Å². The van der Waals surface area contributed by atoms with Crippen molar-refractivity contribution in [3.8, 4) is 22.9 Å². The molecule has 7 nitrogen and oxygen atoms in total. The van der Waals surface area contributed by atoms with Crippen LogP contribution >= 0.6 is 0 Å². The van der Waals surface area contributed by atoms with Crippen molar-refractivity contribution in [3.05, 3.63) is 64.3 Å². The van der Waals surface area contributed by atoms with E-state index in [1.807, 2.05) is 0 Å². The van der Waals surface area contributed by atoms with Crippen molar-refractivity contribution in [1.82, 2.24) is 4.57 Å². The van der Waals surface area contributed by atoms with E-state index in [0.717, 1.165) is 12.8 Å². The maximum absolute atomic E-state index is 14.1. The van der Waals surface area contributed by atoms with Gasteiger partial charge in [-0.3, -0.25) is 15.1 Å². The number of alkyl halides is 3. The molecule has 1 aromatic heterocycles. The number of nitrogens with zero attached hydrogens (tertiary/aromatic N) is 2. The first-order valence-corrected chi connectivity index (χ1v) is 12.1. The summed E-state index contributed by atoms with van der Waals surface area (Å²) in [5, 5.41) is 10.9. The summed E-state index contributed by atoms with van der Waals surface area (Å²) in [6, 6.07) is 12.9. The molecule has 0 saturated heterocycles. The monoisotopic (exact) mass is 531 g/mol. The number of unbranched alkanes of at least 4 members (excludes halogenated alkanes) is 2. The summed E-state index contributed by atoms with van der Waals surface area (Å²) in [5.41, 5.74) is 6.25. The smallest absolute Gasteiger partial charge is 0.490 e. The molecule has 0 spiro atoms. The van der Waals surface area contributed by atoms with E-state index in [1.54, 1.807) is 30.3 Å². The first kappa shape index (κ1) is 27.1. The zero-order chi connectivity index (χ0) is 27.4. The lowest BCUT2D eigenvalue weighted by atomic mass is 9.96. The Balaban J connectivity index is 1.48. The summed E-state index contributed by atoms with van der Waals surface area (Å²) < 4.78 is 62.2. The molecule has 2 aromatic carbocycles. The van der Waals surface area contributed by atoms with Gasteiger partial charge >= 0.3 is 12.1 Å². The normalized spacial score (nSPS) is 14.2. The largest absolute Gasteiger partial charge is 0.494 e. The molecule has 1 aliphatic carbocycles. The SMILES string of the molecule is N#Cc1c(-c2cccc(F)c2)c2cc(OCCCCCC(N)OC(=O)C(F)(F)F)ccc2c(=O)n1C1CC1. The number of pyridine rings is 1. The molecule has 1 saturated carbocycles. The molecule has 0 radical (unpaired) electrons. The van der Waals surface area contributed by atoms with Crippen molar-refractivity contribution in [2.75, 3.05) is 6.61 Å². The Labute approximate surface area is 215 Å². The number of hydrogen-bond donors (Lipinski definition) is 1. The second kappa shape index (κ2) is 11.2. The third-order valence-electron chi connectivity index (χ3n) is 6.21. The number of carbonyl (C=O) groups excluding carboxylic acids is 1. The number of fused-ring (bicyclic) bond motifs is 1. The van der Waals surface area contributed by atoms with Gasteiger partial charge in [-0.15, -0.1) is 0 Å². The number of aromatic nitrogens is 1. The predicted octanol–water partition coefficient (Wildman–Crippen LogP) is 5.34. The number of esters is 1. The first-order valence-electron chi connectivity index (χ1n) is 12.1. The van der Waals surface area contributed by atoms with E-state index in [-0.39, 0.29) is 30.3 Å². The molecule has 1 fully saturated rings. The summed E-state index contributed by atoms with van der Waals surface area (Å²) in [6.07, 6.45) is -3.26. The van der Waals surface area contributed by atoms with Gasteiger partial charge in [0.2, 0.25) is 0 Å². The molecule has 0 aliphatic heterocycles. The topological polar surface area (TPSA) is 107 Å². The zero-order valence-corrected chi connectivity index (χ0v) is 20.3. The van der Waals surface area contributed by atoms with Crippen molar-refractivity contribution < 1.29 is 31.8 Å². The number of carbonyl (C=O) groups is 1. The highest BCUT2D eigenvalue weighted by Crippen LogP contribution is 2.39. The molecule has 200 valence electrons. The van der Waals surface area contributed by atoms with E-state index in [1.165, 1.54) is 16.7 Å². The number of halogens is 4. The van der Waals surface area contributed by atoms with E-state index in [2.05, 4.69) is 10.8 Å². The Hall–Kier alpha value is -3.91. The van der Waals surface area contributed by atoms with Gasteiger partial charge in [0, 0.05) is 22.4 Å². The number of ether oxygens (including phenoxy) is 2. The van der Waals surface area contributed by atoms with Crippen molar-refractivity contribution in [3.63, 3.8) is 0 Å². The maximum atomic E-state index is 14.1. The Morgan fingerprint density at radius 2 is 1.89 bits per heavy atom. The molecular formula is C27H25F4N3O4. The van der Waals surface area contributed by atoms with Crippen molar-refractivity contribution in [2.24, 2.45) is 5.73 Å². The third-order valence-corrected chi connectivity index (χ3v) is 6.21. The first-order chi connectivity index (χ1) is 18.1. The summed E-state index contributed by atoms with van der Waals surface area (Å²) >= 11 is 0. The summed E-state index contributed by atoms with van der Waals surface area (Å²) in [7, 11) is 0. The van der Waals surface area contributed by atoms with Crippen LogP contribution in [-0.4, -0.2) is 29.5 Å². The molecule has 0 amide bonds. The van der Waals surface area contributed by atoms with E-state index in [4.69, 9.17) is 10.5 Å². The van der Waals surface area contributed by atoms with E-state index in [0.29, 0.717) is 46.9 Å². The van der Waals surface area contributed by atoms with Crippen molar-refractivity contribution in [2.45, 2.75) is 57.0 Å². The van der Waals surface area contributed by atoms with E-state index >= 15 is 0 Å². The highest BCUT2D eigenvalue weighted by Gasteiger charge is 2.41. The molecule has 1 unspecified atom stereocenters. The Morgan fingerprint density at radius 3 is 2.55 bits per heavy atom. The Bertz CT molecular complexity index is 1440. The predicted molar refractivity (Wildman–Crippen MR) is 131 cm³/mol. The minimum atomic E-state index is -5.08. The molecule has 1 heterocycles. The lowest BCUT2D eigenvalue weighted by Crippen LogP contribution is -2.34. The minimum Gasteiger partial charge on any atom is -0.494 e. The molecule has 2 N–H and O–H groups in total. The van der Waals surface area contributed by atoms with E-state index in [9.17, 15) is 32.4 Å². The van der Waals surface area contributed by atoms with Crippen LogP contribution in [0.25, 0.3) is 21.9 Å². The zero-order valence-electron chi connectivity index (χ0n) is 20.3. The van der Waals surface area contributed by atoms with Crippen LogP contribution in [0.2, 0.25) is 0 Å². The van der Waals surface area contributed by atoms with Gasteiger partial charge < -0.3 is 9.47 Å². The average Bonchev–Trinajstić information content (AvgIpc) is 3.70. The standard InChI is InChI=1S/C27H25F4N3O4/c28-17-6-4-5-16(13-17)24-21-14-19(10-11-20(21)25(35)34(18-8-9-18)22(24)15-32)37-12-3-1-2-7-23(33)38-26(36)27(29,30)31/h4-6,10-11,13-14,18,23H,1-3,7-9,12,33H2. The second-order valence-electron chi connectivity index (χ2n) is 9.10. The van der Waals surface area contributed by atoms with Crippen LogP contribution in [0.5, 0.6) is 5.75 Å². The molecule has 38 heavy (non-hydrogen) atoms. The molecular weight excluding hydrogens is 506 g/mol. The molecule has 11 heteroatoms. The van der Waals surface area contributed by atoms with E-state index < -0.39 is 24.2 Å². The number of hydrogen-bond acceptors (Lipinski definition) is 6. The average molecular weight is 532 g/mol. The maximum Gasteiger partial charge on any atom is 0.490 e. The van der Waals surface area contributed by atoms with Gasteiger partial charge in [-0.25, -0.2) is 9.18 Å². The van der Waals surface area contributed by atoms with Crippen LogP contribution in [0.1, 0.15) is 50.3 Å². The van der Waals surface area contributed by atoms with Gasteiger partial charge in [-0.05, 0) is 74.4 Å². The molecule has 0 bridgehead atoms. The van der Waals surface area contributed by atoms with Crippen LogP contribution in [0.4, 0.5) is 17.6 Å².